The molecule has 0 aromatic heterocycles. The molecular weight excluding hydrogens is 424 g/mol. The van der Waals surface area contributed by atoms with Gasteiger partial charge in [-0.15, -0.1) is 0 Å². The first-order chi connectivity index (χ1) is 16.0. The van der Waals surface area contributed by atoms with Gasteiger partial charge < -0.3 is 25.2 Å². The van der Waals surface area contributed by atoms with Crippen LogP contribution in [-0.2, 0) is 19.1 Å². The monoisotopic (exact) mass is 452 g/mol. The summed E-state index contributed by atoms with van der Waals surface area (Å²) in [4.78, 5) is 35.1. The Morgan fingerprint density at radius 1 is 0.970 bits per heavy atom. The number of aliphatic carboxylic acids is 1. The molecule has 8 heteroatoms. The second kappa shape index (κ2) is 10.5. The van der Waals surface area contributed by atoms with E-state index < -0.39 is 18.1 Å². The lowest BCUT2D eigenvalue weighted by Crippen LogP contribution is -2.42. The predicted molar refractivity (Wildman–Crippen MR) is 121 cm³/mol. The Kier molecular flexibility index (Phi) is 7.24. The summed E-state index contributed by atoms with van der Waals surface area (Å²) < 4.78 is 10.8. The molecule has 0 saturated heterocycles. The molecule has 0 radical (unpaired) electrons. The Labute approximate surface area is 192 Å². The van der Waals surface area contributed by atoms with Gasteiger partial charge in [-0.3, -0.25) is 4.79 Å². The van der Waals surface area contributed by atoms with Crippen LogP contribution in [0, 0.1) is 5.92 Å². The number of carboxylic acid groups (broad SMARTS) is 1. The summed E-state index contributed by atoms with van der Waals surface area (Å²) in [6.45, 7) is 0.864. The number of nitrogens with one attached hydrogen (secondary N) is 2. The minimum absolute atomic E-state index is 0.00294. The molecule has 0 bridgehead atoms. The highest BCUT2D eigenvalue weighted by Crippen LogP contribution is 2.44. The number of ether oxygens (including phenoxy) is 2. The van der Waals surface area contributed by atoms with E-state index in [1.54, 1.807) is 0 Å². The van der Waals surface area contributed by atoms with Crippen molar-refractivity contribution in [1.82, 2.24) is 10.6 Å². The van der Waals surface area contributed by atoms with Gasteiger partial charge in [-0.1, -0.05) is 48.5 Å². The van der Waals surface area contributed by atoms with E-state index in [2.05, 4.69) is 34.9 Å². The highest BCUT2D eigenvalue weighted by Gasteiger charge is 2.37. The highest BCUT2D eigenvalue weighted by atomic mass is 16.5. The van der Waals surface area contributed by atoms with E-state index in [0.29, 0.717) is 0 Å². The third kappa shape index (κ3) is 5.70. The van der Waals surface area contributed by atoms with Crippen molar-refractivity contribution in [2.24, 2.45) is 5.92 Å². The molecule has 1 unspecified atom stereocenters. The second-order valence-corrected chi connectivity index (χ2v) is 8.34. The van der Waals surface area contributed by atoms with E-state index in [0.717, 1.165) is 24.0 Å². The number of rotatable bonds is 11. The molecule has 174 valence electrons. The van der Waals surface area contributed by atoms with Crippen LogP contribution in [0.25, 0.3) is 11.1 Å². The zero-order chi connectivity index (χ0) is 23.2. The molecule has 0 aliphatic heterocycles. The van der Waals surface area contributed by atoms with Crippen LogP contribution in [0.1, 0.15) is 36.3 Å². The van der Waals surface area contributed by atoms with Crippen LogP contribution in [0.3, 0.4) is 0 Å². The summed E-state index contributed by atoms with van der Waals surface area (Å²) in [5.41, 5.74) is 4.65. The molecule has 8 nitrogen and oxygen atoms in total. The van der Waals surface area contributed by atoms with Gasteiger partial charge >= 0.3 is 12.1 Å². The molecule has 3 N–H and O–H groups in total. The lowest BCUT2D eigenvalue weighted by Gasteiger charge is -2.15. The number of carbonyl (C=O) groups is 3. The van der Waals surface area contributed by atoms with Gasteiger partial charge in [-0.2, -0.15) is 0 Å². The van der Waals surface area contributed by atoms with Gasteiger partial charge in [-0.05, 0) is 41.0 Å². The maximum absolute atomic E-state index is 12.1. The van der Waals surface area contributed by atoms with Crippen LogP contribution in [0.4, 0.5) is 4.79 Å². The maximum Gasteiger partial charge on any atom is 0.407 e. The van der Waals surface area contributed by atoms with Gasteiger partial charge in [0.15, 0.2) is 0 Å². The summed E-state index contributed by atoms with van der Waals surface area (Å²) >= 11 is 0. The molecule has 4 rings (SSSR count). The smallest absolute Gasteiger partial charge is 0.407 e. The third-order valence-corrected chi connectivity index (χ3v) is 6.01. The topological polar surface area (TPSA) is 114 Å². The first-order valence-electron chi connectivity index (χ1n) is 11.2. The van der Waals surface area contributed by atoms with Crippen molar-refractivity contribution in [1.29, 1.82) is 0 Å². The second-order valence-electron chi connectivity index (χ2n) is 8.34. The van der Waals surface area contributed by atoms with Gasteiger partial charge in [0.05, 0.1) is 13.2 Å². The lowest BCUT2D eigenvalue weighted by molar-refractivity contribution is -0.142. The Bertz CT molecular complexity index is 974. The van der Waals surface area contributed by atoms with E-state index in [1.165, 1.54) is 11.1 Å². The first kappa shape index (κ1) is 22.8. The van der Waals surface area contributed by atoms with Crippen LogP contribution >= 0.6 is 0 Å². The SMILES string of the molecule is O=C(CCOCCNC(=O)OCC1c2ccccc2-c2ccccc21)NC(C(=O)O)C1CC1. The maximum atomic E-state index is 12.1. The molecule has 0 heterocycles. The van der Waals surface area contributed by atoms with E-state index in [1.807, 2.05) is 24.3 Å². The molecule has 0 spiro atoms. The molecule has 1 atom stereocenters. The quantitative estimate of drug-likeness (QED) is 0.452. The van der Waals surface area contributed by atoms with Gasteiger partial charge in [0.1, 0.15) is 12.6 Å². The first-order valence-corrected chi connectivity index (χ1v) is 11.2. The molecule has 33 heavy (non-hydrogen) atoms. The van der Waals surface area contributed by atoms with Crippen LogP contribution < -0.4 is 10.6 Å². The van der Waals surface area contributed by atoms with Crippen LogP contribution in [0.5, 0.6) is 0 Å². The summed E-state index contributed by atoms with van der Waals surface area (Å²) in [5, 5.41) is 14.3. The normalized spacial score (nSPS) is 15.3. The van der Waals surface area contributed by atoms with Crippen LogP contribution in [0.15, 0.2) is 48.5 Å². The number of fused-ring (bicyclic) bond motifs is 3. The number of hydrogen-bond acceptors (Lipinski definition) is 5. The van der Waals surface area contributed by atoms with E-state index >= 15 is 0 Å². The minimum Gasteiger partial charge on any atom is -0.480 e. The predicted octanol–water partition coefficient (Wildman–Crippen LogP) is 2.91. The van der Waals surface area contributed by atoms with Crippen molar-refractivity contribution in [2.75, 3.05) is 26.4 Å². The molecule has 2 aromatic rings. The van der Waals surface area contributed by atoms with Crippen molar-refractivity contribution in [3.63, 3.8) is 0 Å². The fourth-order valence-electron chi connectivity index (χ4n) is 4.20. The number of benzene rings is 2. The fraction of sp³-hybridized carbons (Fsp3) is 0.400. The van der Waals surface area contributed by atoms with Gasteiger partial charge in [0.25, 0.3) is 0 Å². The Hall–Kier alpha value is -3.39. The Morgan fingerprint density at radius 3 is 2.21 bits per heavy atom. The molecule has 2 aromatic carbocycles. The van der Waals surface area contributed by atoms with E-state index in [-0.39, 0.29) is 50.5 Å². The number of carboxylic acids is 1. The van der Waals surface area contributed by atoms with E-state index in [9.17, 15) is 14.4 Å². The Balaban J connectivity index is 1.13. The number of amides is 2. The zero-order valence-corrected chi connectivity index (χ0v) is 18.3. The number of carbonyl (C=O) groups excluding carboxylic acids is 2. The summed E-state index contributed by atoms with van der Waals surface area (Å²) in [5.74, 6) is -1.31. The van der Waals surface area contributed by atoms with Crippen molar-refractivity contribution >= 4 is 18.0 Å². The van der Waals surface area contributed by atoms with Crippen molar-refractivity contribution in [2.45, 2.75) is 31.2 Å². The van der Waals surface area contributed by atoms with E-state index in [4.69, 9.17) is 14.6 Å². The summed E-state index contributed by atoms with van der Waals surface area (Å²) in [6, 6.07) is 15.5. The third-order valence-electron chi connectivity index (χ3n) is 6.01. The van der Waals surface area contributed by atoms with Gasteiger partial charge in [-0.25, -0.2) is 9.59 Å². The molecule has 2 aliphatic rings. The standard InChI is InChI=1S/C25H28N2O6/c28-22(27-23(24(29)30)16-9-10-16)11-13-32-14-12-26-25(31)33-15-21-19-7-3-1-5-17(19)18-6-2-4-8-20(18)21/h1-8,16,21,23H,9-15H2,(H,26,31)(H,27,28)(H,29,30). The summed E-state index contributed by atoms with van der Waals surface area (Å²) in [6.07, 6.45) is 1.21. The average Bonchev–Trinajstić information content (AvgIpc) is 3.60. The molecular formula is C25H28N2O6. The largest absolute Gasteiger partial charge is 0.480 e. The lowest BCUT2D eigenvalue weighted by atomic mass is 9.98. The number of alkyl carbamates (subject to hydrolysis) is 1. The van der Waals surface area contributed by atoms with Crippen LogP contribution in [-0.4, -0.2) is 55.5 Å². The Morgan fingerprint density at radius 2 is 1.61 bits per heavy atom. The minimum atomic E-state index is -1.00. The molecule has 1 saturated carbocycles. The van der Waals surface area contributed by atoms with Gasteiger partial charge in [0, 0.05) is 18.9 Å². The van der Waals surface area contributed by atoms with Crippen LogP contribution in [0.2, 0.25) is 0 Å². The number of hydrogen-bond donors (Lipinski definition) is 3. The average molecular weight is 453 g/mol. The molecule has 2 amide bonds. The van der Waals surface area contributed by atoms with Crippen molar-refractivity contribution in [3.8, 4) is 11.1 Å². The van der Waals surface area contributed by atoms with Crippen molar-refractivity contribution in [3.05, 3.63) is 59.7 Å². The fourth-order valence-corrected chi connectivity index (χ4v) is 4.20. The highest BCUT2D eigenvalue weighted by molar-refractivity contribution is 5.84. The zero-order valence-electron chi connectivity index (χ0n) is 18.3. The van der Waals surface area contributed by atoms with Gasteiger partial charge in [0.2, 0.25) is 5.91 Å². The van der Waals surface area contributed by atoms with Crippen molar-refractivity contribution < 1.29 is 29.0 Å². The molecule has 1 fully saturated rings. The molecule has 2 aliphatic carbocycles. The summed E-state index contributed by atoms with van der Waals surface area (Å²) in [7, 11) is 0.